The van der Waals surface area contributed by atoms with Gasteiger partial charge in [-0.1, -0.05) is 13.8 Å². The summed E-state index contributed by atoms with van der Waals surface area (Å²) < 4.78 is 10.5. The van der Waals surface area contributed by atoms with Crippen LogP contribution in [0.3, 0.4) is 0 Å². The minimum absolute atomic E-state index is 0.0683. The van der Waals surface area contributed by atoms with Gasteiger partial charge in [0.2, 0.25) is 5.91 Å². The Labute approximate surface area is 178 Å². The van der Waals surface area contributed by atoms with Crippen molar-refractivity contribution in [2.45, 2.75) is 46.3 Å². The molecule has 0 radical (unpaired) electrons. The van der Waals surface area contributed by atoms with Crippen molar-refractivity contribution in [2.75, 3.05) is 39.3 Å². The second-order valence-electron chi connectivity index (χ2n) is 8.77. The lowest BCUT2D eigenvalue weighted by molar-refractivity contribution is -0.124. The maximum Gasteiger partial charge on any atom is 0.410 e. The van der Waals surface area contributed by atoms with Crippen LogP contribution in [0.4, 0.5) is 4.79 Å². The van der Waals surface area contributed by atoms with Crippen LogP contribution in [0.2, 0.25) is 0 Å². The van der Waals surface area contributed by atoms with E-state index in [0.717, 1.165) is 13.1 Å². The molecule has 0 spiro atoms. The lowest BCUT2D eigenvalue weighted by Crippen LogP contribution is -2.53. The highest BCUT2D eigenvalue weighted by atomic mass is 16.6. The summed E-state index contributed by atoms with van der Waals surface area (Å²) in [6, 6.07) is 2.54. The van der Waals surface area contributed by atoms with Crippen molar-refractivity contribution in [3.63, 3.8) is 0 Å². The van der Waals surface area contributed by atoms with Crippen molar-refractivity contribution >= 4 is 17.9 Å². The fourth-order valence-corrected chi connectivity index (χ4v) is 3.08. The molecule has 30 heavy (non-hydrogen) atoms. The first-order valence-corrected chi connectivity index (χ1v) is 10.4. The standard InChI is InChI=1S/C21H34N4O5/c1-15(2)17(23-18(26)16-7-6-14-29-16)19(27)22-8-9-24-10-12-25(13-11-24)20(28)30-21(3,4)5/h6-7,14-15,17H,8-13H2,1-5H3,(H,22,27)(H,23,26). The van der Waals surface area contributed by atoms with Crippen LogP contribution in [0, 0.1) is 5.92 Å². The Balaban J connectivity index is 1.73. The van der Waals surface area contributed by atoms with Crippen LogP contribution in [0.25, 0.3) is 0 Å². The predicted octanol–water partition coefficient (Wildman–Crippen LogP) is 1.70. The molecule has 1 aromatic rings. The van der Waals surface area contributed by atoms with E-state index in [1.165, 1.54) is 6.26 Å². The number of furan rings is 1. The van der Waals surface area contributed by atoms with Crippen LogP contribution < -0.4 is 10.6 Å². The maximum atomic E-state index is 12.6. The molecule has 0 bridgehead atoms. The predicted molar refractivity (Wildman–Crippen MR) is 112 cm³/mol. The maximum absolute atomic E-state index is 12.6. The van der Waals surface area contributed by atoms with E-state index >= 15 is 0 Å². The number of ether oxygens (including phenoxy) is 1. The summed E-state index contributed by atoms with van der Waals surface area (Å²) >= 11 is 0. The third-order valence-electron chi connectivity index (χ3n) is 4.73. The number of amides is 3. The molecule has 1 aromatic heterocycles. The molecule has 2 rings (SSSR count). The number of carbonyl (C=O) groups excluding carboxylic acids is 3. The van der Waals surface area contributed by atoms with Crippen LogP contribution in [-0.2, 0) is 9.53 Å². The van der Waals surface area contributed by atoms with Gasteiger partial charge in [0.15, 0.2) is 5.76 Å². The van der Waals surface area contributed by atoms with Gasteiger partial charge in [0, 0.05) is 39.3 Å². The fraction of sp³-hybridized carbons (Fsp3) is 0.667. The van der Waals surface area contributed by atoms with E-state index in [1.54, 1.807) is 17.0 Å². The summed E-state index contributed by atoms with van der Waals surface area (Å²) in [5.74, 6) is -0.526. The number of hydrogen-bond donors (Lipinski definition) is 2. The smallest absolute Gasteiger partial charge is 0.410 e. The van der Waals surface area contributed by atoms with Crippen LogP contribution in [0.5, 0.6) is 0 Å². The molecular formula is C21H34N4O5. The first-order valence-electron chi connectivity index (χ1n) is 10.4. The van der Waals surface area contributed by atoms with Gasteiger partial charge in [-0.2, -0.15) is 0 Å². The monoisotopic (exact) mass is 422 g/mol. The Bertz CT molecular complexity index is 703. The number of nitrogens with one attached hydrogen (secondary N) is 2. The Morgan fingerprint density at radius 3 is 2.37 bits per heavy atom. The quantitative estimate of drug-likeness (QED) is 0.693. The first kappa shape index (κ1) is 23.7. The Morgan fingerprint density at radius 1 is 1.17 bits per heavy atom. The lowest BCUT2D eigenvalue weighted by Gasteiger charge is -2.35. The average Bonchev–Trinajstić information content (AvgIpc) is 3.19. The topological polar surface area (TPSA) is 104 Å². The second-order valence-corrected chi connectivity index (χ2v) is 8.77. The Hall–Kier alpha value is -2.55. The molecule has 3 amide bonds. The molecule has 168 valence electrons. The third-order valence-corrected chi connectivity index (χ3v) is 4.73. The van der Waals surface area contributed by atoms with Gasteiger partial charge in [0.1, 0.15) is 11.6 Å². The Kier molecular flexibility index (Phi) is 8.28. The third kappa shape index (κ3) is 7.37. The number of hydrogen-bond acceptors (Lipinski definition) is 6. The molecule has 0 saturated carbocycles. The first-order chi connectivity index (χ1) is 14.1. The van der Waals surface area contributed by atoms with Crippen molar-refractivity contribution in [3.8, 4) is 0 Å². The zero-order valence-corrected chi connectivity index (χ0v) is 18.6. The van der Waals surface area contributed by atoms with E-state index in [4.69, 9.17) is 9.15 Å². The number of carbonyl (C=O) groups is 3. The van der Waals surface area contributed by atoms with E-state index < -0.39 is 17.6 Å². The number of piperazine rings is 1. The second kappa shape index (κ2) is 10.5. The number of rotatable bonds is 7. The molecule has 0 aliphatic carbocycles. The van der Waals surface area contributed by atoms with E-state index in [0.29, 0.717) is 26.2 Å². The molecule has 1 unspecified atom stereocenters. The molecule has 1 fully saturated rings. The molecular weight excluding hydrogens is 388 g/mol. The average molecular weight is 423 g/mol. The van der Waals surface area contributed by atoms with Gasteiger partial charge in [-0.3, -0.25) is 14.5 Å². The van der Waals surface area contributed by atoms with Gasteiger partial charge < -0.3 is 24.7 Å². The van der Waals surface area contributed by atoms with Gasteiger partial charge in [0.05, 0.1) is 6.26 Å². The van der Waals surface area contributed by atoms with Crippen molar-refractivity contribution in [2.24, 2.45) is 5.92 Å². The molecule has 9 heteroatoms. The van der Waals surface area contributed by atoms with Gasteiger partial charge >= 0.3 is 6.09 Å². The minimum Gasteiger partial charge on any atom is -0.459 e. The molecule has 2 heterocycles. The van der Waals surface area contributed by atoms with Crippen LogP contribution >= 0.6 is 0 Å². The molecule has 2 N–H and O–H groups in total. The molecule has 1 aliphatic rings. The summed E-state index contributed by atoms with van der Waals surface area (Å²) in [4.78, 5) is 40.8. The van der Waals surface area contributed by atoms with Crippen molar-refractivity contribution in [1.82, 2.24) is 20.4 Å². The van der Waals surface area contributed by atoms with Crippen molar-refractivity contribution < 1.29 is 23.5 Å². The van der Waals surface area contributed by atoms with Gasteiger partial charge in [0.25, 0.3) is 5.91 Å². The highest BCUT2D eigenvalue weighted by Crippen LogP contribution is 2.12. The van der Waals surface area contributed by atoms with Crippen LogP contribution in [0.15, 0.2) is 22.8 Å². The SMILES string of the molecule is CC(C)C(NC(=O)c1ccco1)C(=O)NCCN1CCN(C(=O)OC(C)(C)C)CC1. The highest BCUT2D eigenvalue weighted by Gasteiger charge is 2.27. The summed E-state index contributed by atoms with van der Waals surface area (Å²) in [5.41, 5.74) is -0.502. The summed E-state index contributed by atoms with van der Waals surface area (Å²) in [5, 5.41) is 5.62. The molecule has 1 atom stereocenters. The molecule has 1 aliphatic heterocycles. The lowest BCUT2D eigenvalue weighted by atomic mass is 10.0. The van der Waals surface area contributed by atoms with Gasteiger partial charge in [-0.25, -0.2) is 4.79 Å². The van der Waals surface area contributed by atoms with Gasteiger partial charge in [-0.15, -0.1) is 0 Å². The summed E-state index contributed by atoms with van der Waals surface area (Å²) in [7, 11) is 0. The Morgan fingerprint density at radius 2 is 1.83 bits per heavy atom. The van der Waals surface area contributed by atoms with E-state index in [2.05, 4.69) is 15.5 Å². The summed E-state index contributed by atoms with van der Waals surface area (Å²) in [6.45, 7) is 13.1. The van der Waals surface area contributed by atoms with Crippen molar-refractivity contribution in [3.05, 3.63) is 24.2 Å². The molecule has 9 nitrogen and oxygen atoms in total. The van der Waals surface area contributed by atoms with Crippen LogP contribution in [0.1, 0.15) is 45.2 Å². The van der Waals surface area contributed by atoms with E-state index in [9.17, 15) is 14.4 Å². The van der Waals surface area contributed by atoms with Gasteiger partial charge in [-0.05, 0) is 38.8 Å². The fourth-order valence-electron chi connectivity index (χ4n) is 3.08. The normalized spacial score (nSPS) is 16.3. The van der Waals surface area contributed by atoms with Crippen molar-refractivity contribution in [1.29, 1.82) is 0 Å². The number of nitrogens with zero attached hydrogens (tertiary/aromatic N) is 2. The molecule has 1 saturated heterocycles. The summed E-state index contributed by atoms with van der Waals surface area (Å²) in [6.07, 6.45) is 1.13. The van der Waals surface area contributed by atoms with E-state index in [-0.39, 0.29) is 23.7 Å². The largest absolute Gasteiger partial charge is 0.459 e. The zero-order valence-electron chi connectivity index (χ0n) is 18.6. The minimum atomic E-state index is -0.647. The zero-order chi connectivity index (χ0) is 22.3. The van der Waals surface area contributed by atoms with E-state index in [1.807, 2.05) is 34.6 Å². The highest BCUT2D eigenvalue weighted by molar-refractivity contribution is 5.95. The molecule has 0 aromatic carbocycles. The van der Waals surface area contributed by atoms with Crippen LogP contribution in [-0.4, -0.2) is 78.6 Å².